The summed E-state index contributed by atoms with van der Waals surface area (Å²) in [6, 6.07) is 11.7. The number of rotatable bonds is 5. The standard InChI is InChI=1S/C16H17NO2S/c1-13-15(9-11-20-13)8-5-10-17-16(18)19-12-14-6-3-2-4-7-14/h2-9,11H,10,12H2,1H3,(H,17,18). The van der Waals surface area contributed by atoms with Crippen LogP contribution in [-0.2, 0) is 11.3 Å². The summed E-state index contributed by atoms with van der Waals surface area (Å²) in [6.45, 7) is 2.83. The van der Waals surface area contributed by atoms with Crippen molar-refractivity contribution in [3.63, 3.8) is 0 Å². The fourth-order valence-electron chi connectivity index (χ4n) is 1.67. The summed E-state index contributed by atoms with van der Waals surface area (Å²) < 4.78 is 5.11. The van der Waals surface area contributed by atoms with Crippen molar-refractivity contribution in [1.29, 1.82) is 0 Å². The van der Waals surface area contributed by atoms with Crippen LogP contribution in [0.25, 0.3) is 6.08 Å². The summed E-state index contributed by atoms with van der Waals surface area (Å²) in [6.07, 6.45) is 3.52. The average molecular weight is 287 g/mol. The Labute approximate surface area is 122 Å². The molecule has 0 bridgehead atoms. The van der Waals surface area contributed by atoms with Crippen LogP contribution in [0.2, 0.25) is 0 Å². The SMILES string of the molecule is Cc1sccc1C=CCNC(=O)OCc1ccccc1. The number of carbonyl (C=O) groups is 1. The maximum absolute atomic E-state index is 11.5. The highest BCUT2D eigenvalue weighted by Crippen LogP contribution is 2.15. The number of nitrogens with one attached hydrogen (secondary N) is 1. The number of ether oxygens (including phenoxy) is 1. The molecule has 0 aliphatic rings. The Morgan fingerprint density at radius 3 is 2.80 bits per heavy atom. The number of aryl methyl sites for hydroxylation is 1. The first-order valence-electron chi connectivity index (χ1n) is 6.41. The van der Waals surface area contributed by atoms with E-state index in [1.165, 1.54) is 10.4 Å². The maximum atomic E-state index is 11.5. The minimum atomic E-state index is -0.402. The number of carbonyl (C=O) groups excluding carboxylic acids is 1. The molecule has 0 radical (unpaired) electrons. The Kier molecular flexibility index (Phi) is 5.38. The van der Waals surface area contributed by atoms with E-state index in [-0.39, 0.29) is 0 Å². The first kappa shape index (κ1) is 14.3. The molecule has 0 fully saturated rings. The molecule has 1 amide bonds. The second-order valence-corrected chi connectivity index (χ2v) is 5.40. The number of amides is 1. The van der Waals surface area contributed by atoms with Gasteiger partial charge in [-0.05, 0) is 29.5 Å². The molecule has 0 saturated heterocycles. The van der Waals surface area contributed by atoms with Gasteiger partial charge >= 0.3 is 6.09 Å². The highest BCUT2D eigenvalue weighted by molar-refractivity contribution is 7.10. The lowest BCUT2D eigenvalue weighted by Crippen LogP contribution is -2.24. The monoisotopic (exact) mass is 287 g/mol. The number of hydrogen-bond acceptors (Lipinski definition) is 3. The van der Waals surface area contributed by atoms with Crippen molar-refractivity contribution in [3.8, 4) is 0 Å². The van der Waals surface area contributed by atoms with Gasteiger partial charge in [-0.25, -0.2) is 4.79 Å². The van der Waals surface area contributed by atoms with Crippen LogP contribution in [0.3, 0.4) is 0 Å². The second kappa shape index (κ2) is 7.50. The molecule has 1 N–H and O–H groups in total. The highest BCUT2D eigenvalue weighted by Gasteiger charge is 2.00. The average Bonchev–Trinajstić information content (AvgIpc) is 2.88. The van der Waals surface area contributed by atoms with Crippen molar-refractivity contribution >= 4 is 23.5 Å². The van der Waals surface area contributed by atoms with Gasteiger partial charge in [-0.15, -0.1) is 11.3 Å². The molecule has 0 spiro atoms. The number of alkyl carbamates (subject to hydrolysis) is 1. The maximum Gasteiger partial charge on any atom is 0.407 e. The lowest BCUT2D eigenvalue weighted by molar-refractivity contribution is 0.141. The molecule has 0 aliphatic carbocycles. The van der Waals surface area contributed by atoms with Gasteiger partial charge < -0.3 is 10.1 Å². The highest BCUT2D eigenvalue weighted by atomic mass is 32.1. The van der Waals surface area contributed by atoms with Crippen LogP contribution in [0.15, 0.2) is 47.9 Å². The number of thiophene rings is 1. The van der Waals surface area contributed by atoms with Crippen molar-refractivity contribution in [1.82, 2.24) is 5.32 Å². The van der Waals surface area contributed by atoms with Crippen LogP contribution in [0, 0.1) is 6.92 Å². The van der Waals surface area contributed by atoms with E-state index in [1.54, 1.807) is 11.3 Å². The molecule has 2 aromatic rings. The Hall–Kier alpha value is -2.07. The van der Waals surface area contributed by atoms with E-state index >= 15 is 0 Å². The molecular weight excluding hydrogens is 270 g/mol. The Balaban J connectivity index is 1.68. The van der Waals surface area contributed by atoms with Crippen molar-refractivity contribution in [2.75, 3.05) is 6.54 Å². The third kappa shape index (κ3) is 4.55. The molecule has 104 valence electrons. The summed E-state index contributed by atoms with van der Waals surface area (Å²) in [4.78, 5) is 12.8. The third-order valence-corrected chi connectivity index (χ3v) is 3.63. The second-order valence-electron chi connectivity index (χ2n) is 4.28. The molecular formula is C16H17NO2S. The van der Waals surface area contributed by atoms with Gasteiger partial charge in [0.25, 0.3) is 0 Å². The van der Waals surface area contributed by atoms with E-state index in [4.69, 9.17) is 4.74 Å². The molecule has 1 aromatic heterocycles. The molecule has 3 nitrogen and oxygen atoms in total. The summed E-state index contributed by atoms with van der Waals surface area (Å²) in [5.41, 5.74) is 2.17. The van der Waals surface area contributed by atoms with Crippen LogP contribution in [0.5, 0.6) is 0 Å². The minimum Gasteiger partial charge on any atom is -0.445 e. The number of benzene rings is 1. The van der Waals surface area contributed by atoms with Gasteiger partial charge in [-0.2, -0.15) is 0 Å². The third-order valence-electron chi connectivity index (χ3n) is 2.77. The zero-order valence-corrected chi connectivity index (χ0v) is 12.2. The smallest absolute Gasteiger partial charge is 0.407 e. The molecule has 0 unspecified atom stereocenters. The molecule has 0 atom stereocenters. The van der Waals surface area contributed by atoms with Gasteiger partial charge in [0.2, 0.25) is 0 Å². The van der Waals surface area contributed by atoms with Gasteiger partial charge in [-0.1, -0.05) is 42.5 Å². The molecule has 2 rings (SSSR count). The molecule has 4 heteroatoms. The van der Waals surface area contributed by atoms with Crippen molar-refractivity contribution in [3.05, 3.63) is 63.9 Å². The largest absolute Gasteiger partial charge is 0.445 e. The van der Waals surface area contributed by atoms with Crippen LogP contribution in [0.1, 0.15) is 16.0 Å². The lowest BCUT2D eigenvalue weighted by Gasteiger charge is -2.05. The molecule has 1 heterocycles. The van der Waals surface area contributed by atoms with Gasteiger partial charge in [0.15, 0.2) is 0 Å². The number of hydrogen-bond donors (Lipinski definition) is 1. The Morgan fingerprint density at radius 2 is 2.10 bits per heavy atom. The van der Waals surface area contributed by atoms with Gasteiger partial charge in [0.1, 0.15) is 6.61 Å². The van der Waals surface area contributed by atoms with Crippen LogP contribution in [0.4, 0.5) is 4.79 Å². The fraction of sp³-hybridized carbons (Fsp3) is 0.188. The van der Waals surface area contributed by atoms with E-state index in [0.717, 1.165) is 5.56 Å². The lowest BCUT2D eigenvalue weighted by atomic mass is 10.2. The normalized spacial score (nSPS) is 10.7. The fourth-order valence-corrected chi connectivity index (χ4v) is 2.36. The summed E-state index contributed by atoms with van der Waals surface area (Å²) in [5.74, 6) is 0. The van der Waals surface area contributed by atoms with Crippen LogP contribution in [-0.4, -0.2) is 12.6 Å². The van der Waals surface area contributed by atoms with Crippen molar-refractivity contribution in [2.24, 2.45) is 0 Å². The topological polar surface area (TPSA) is 38.3 Å². The van der Waals surface area contributed by atoms with E-state index in [2.05, 4.69) is 23.7 Å². The first-order valence-corrected chi connectivity index (χ1v) is 7.29. The van der Waals surface area contributed by atoms with Gasteiger partial charge in [0, 0.05) is 11.4 Å². The Bertz CT molecular complexity index is 575. The van der Waals surface area contributed by atoms with Gasteiger partial charge in [0.05, 0.1) is 0 Å². The van der Waals surface area contributed by atoms with Crippen LogP contribution >= 0.6 is 11.3 Å². The van der Waals surface area contributed by atoms with Crippen LogP contribution < -0.4 is 5.32 Å². The summed E-state index contributed by atoms with van der Waals surface area (Å²) >= 11 is 1.71. The zero-order chi connectivity index (χ0) is 14.2. The molecule has 0 aliphatic heterocycles. The van der Waals surface area contributed by atoms with Crippen molar-refractivity contribution < 1.29 is 9.53 Å². The van der Waals surface area contributed by atoms with E-state index in [0.29, 0.717) is 13.2 Å². The summed E-state index contributed by atoms with van der Waals surface area (Å²) in [7, 11) is 0. The zero-order valence-electron chi connectivity index (χ0n) is 11.3. The van der Waals surface area contributed by atoms with E-state index in [1.807, 2.05) is 42.5 Å². The molecule has 20 heavy (non-hydrogen) atoms. The quantitative estimate of drug-likeness (QED) is 0.902. The summed E-state index contributed by atoms with van der Waals surface area (Å²) in [5, 5.41) is 4.74. The molecule has 0 saturated carbocycles. The van der Waals surface area contributed by atoms with E-state index < -0.39 is 6.09 Å². The predicted octanol–water partition coefficient (Wildman–Crippen LogP) is 4.00. The van der Waals surface area contributed by atoms with Gasteiger partial charge in [-0.3, -0.25) is 0 Å². The Morgan fingerprint density at radius 1 is 1.30 bits per heavy atom. The molecule has 1 aromatic carbocycles. The minimum absolute atomic E-state index is 0.292. The first-order chi connectivity index (χ1) is 9.75. The van der Waals surface area contributed by atoms with E-state index in [9.17, 15) is 4.79 Å². The predicted molar refractivity (Wildman–Crippen MR) is 82.7 cm³/mol. The van der Waals surface area contributed by atoms with Crippen molar-refractivity contribution in [2.45, 2.75) is 13.5 Å².